The van der Waals surface area contributed by atoms with Crippen LogP contribution in [0, 0.1) is 5.92 Å². The Morgan fingerprint density at radius 3 is 2.51 bits per heavy atom. The maximum atomic E-state index is 12.9. The summed E-state index contributed by atoms with van der Waals surface area (Å²) in [6.45, 7) is 7.51. The number of pyridine rings is 1. The van der Waals surface area contributed by atoms with Crippen molar-refractivity contribution in [1.29, 1.82) is 0 Å². The highest BCUT2D eigenvalue weighted by Gasteiger charge is 2.37. The second-order valence-corrected chi connectivity index (χ2v) is 10.7. The summed E-state index contributed by atoms with van der Waals surface area (Å²) in [6, 6.07) is 7.58. The number of carbonyl (C=O) groups excluding carboxylic acids is 3. The van der Waals surface area contributed by atoms with E-state index in [1.165, 1.54) is 30.5 Å². The van der Waals surface area contributed by atoms with Gasteiger partial charge in [-0.05, 0) is 83.7 Å². The number of phenolic OH excluding ortho intramolecular Hbond substituents is 1. The molecule has 2 aromatic rings. The predicted octanol–water partition coefficient (Wildman–Crippen LogP) is 4.64. The average molecular weight is 502 g/mol. The van der Waals surface area contributed by atoms with Crippen molar-refractivity contribution in [2.75, 3.05) is 5.32 Å². The largest absolute Gasteiger partial charge is 0.508 e. The number of aromatic nitrogens is 1. The van der Waals surface area contributed by atoms with Gasteiger partial charge in [0.2, 0.25) is 5.91 Å². The third-order valence-electron chi connectivity index (χ3n) is 5.91. The topological polar surface area (TPSA) is 118 Å². The van der Waals surface area contributed by atoms with Crippen LogP contribution in [0.3, 0.4) is 0 Å². The fourth-order valence-electron chi connectivity index (χ4n) is 4.05. The van der Waals surface area contributed by atoms with Crippen molar-refractivity contribution in [1.82, 2.24) is 10.3 Å². The van der Waals surface area contributed by atoms with Crippen LogP contribution in [0.4, 0.5) is 5.69 Å². The molecule has 0 radical (unpaired) electrons. The molecule has 1 heterocycles. The lowest BCUT2D eigenvalue weighted by Gasteiger charge is -2.37. The Kier molecular flexibility index (Phi) is 8.05. The molecule has 0 unspecified atom stereocenters. The average Bonchev–Trinajstić information content (AvgIpc) is 2.75. The smallest absolute Gasteiger partial charge is 0.309 e. The molecule has 1 aliphatic carbocycles. The number of phenols is 1. The monoisotopic (exact) mass is 501 g/mol. The summed E-state index contributed by atoms with van der Waals surface area (Å²) in [6.07, 6.45) is 3.91. The Morgan fingerprint density at radius 2 is 1.86 bits per heavy atom. The number of ether oxygens (including phenoxy) is 1. The molecule has 0 atom stereocenters. The summed E-state index contributed by atoms with van der Waals surface area (Å²) in [5, 5.41) is 16.1. The molecule has 9 heteroatoms. The molecule has 0 saturated heterocycles. The van der Waals surface area contributed by atoms with E-state index >= 15 is 0 Å². The van der Waals surface area contributed by atoms with Crippen molar-refractivity contribution < 1.29 is 24.2 Å². The first kappa shape index (κ1) is 26.5. The Morgan fingerprint density at radius 1 is 1.17 bits per heavy atom. The Labute approximate surface area is 210 Å². The van der Waals surface area contributed by atoms with Crippen LogP contribution in [0.15, 0.2) is 36.5 Å². The number of benzene rings is 1. The van der Waals surface area contributed by atoms with Crippen LogP contribution in [0.1, 0.15) is 69.4 Å². The predicted molar refractivity (Wildman–Crippen MR) is 133 cm³/mol. The Balaban J connectivity index is 1.57. The van der Waals surface area contributed by atoms with Gasteiger partial charge in [0.05, 0.1) is 12.3 Å². The number of rotatable bonds is 6. The zero-order valence-corrected chi connectivity index (χ0v) is 21.2. The quantitative estimate of drug-likeness (QED) is 0.496. The first-order valence-electron chi connectivity index (χ1n) is 11.6. The van der Waals surface area contributed by atoms with E-state index in [1.54, 1.807) is 6.07 Å². The summed E-state index contributed by atoms with van der Waals surface area (Å²) in [5.41, 5.74) is -0.0101. The summed E-state index contributed by atoms with van der Waals surface area (Å²) in [7, 11) is 0. The van der Waals surface area contributed by atoms with Crippen molar-refractivity contribution in [3.8, 4) is 5.75 Å². The van der Waals surface area contributed by atoms with Crippen LogP contribution >= 0.6 is 11.6 Å². The van der Waals surface area contributed by atoms with Crippen LogP contribution in [0.2, 0.25) is 5.02 Å². The van der Waals surface area contributed by atoms with Gasteiger partial charge in [-0.3, -0.25) is 19.4 Å². The molecule has 1 aliphatic rings. The van der Waals surface area contributed by atoms with Crippen LogP contribution < -0.4 is 10.6 Å². The van der Waals surface area contributed by atoms with E-state index in [2.05, 4.69) is 15.6 Å². The summed E-state index contributed by atoms with van der Waals surface area (Å²) < 4.78 is 5.50. The highest BCUT2D eigenvalue weighted by Crippen LogP contribution is 2.33. The van der Waals surface area contributed by atoms with Crippen LogP contribution in [-0.2, 0) is 20.7 Å². The molecule has 3 N–H and O–H groups in total. The maximum Gasteiger partial charge on any atom is 0.309 e. The molecule has 1 fully saturated rings. The van der Waals surface area contributed by atoms with Gasteiger partial charge in [0.25, 0.3) is 5.91 Å². The lowest BCUT2D eigenvalue weighted by atomic mass is 9.77. The highest BCUT2D eigenvalue weighted by atomic mass is 35.5. The lowest BCUT2D eigenvalue weighted by Crippen LogP contribution is -2.49. The molecule has 0 aliphatic heterocycles. The molecule has 35 heavy (non-hydrogen) atoms. The minimum absolute atomic E-state index is 0.0195. The van der Waals surface area contributed by atoms with Gasteiger partial charge in [0, 0.05) is 28.0 Å². The third-order valence-corrected chi connectivity index (χ3v) is 6.15. The minimum Gasteiger partial charge on any atom is -0.508 e. The number of nitrogens with zero attached hydrogens (tertiary/aromatic N) is 1. The maximum absolute atomic E-state index is 12.9. The van der Waals surface area contributed by atoms with Gasteiger partial charge in [-0.1, -0.05) is 11.6 Å². The summed E-state index contributed by atoms with van der Waals surface area (Å²) >= 11 is 5.94. The zero-order chi connectivity index (χ0) is 25.8. The number of aromatic hydroxyl groups is 1. The van der Waals surface area contributed by atoms with E-state index in [9.17, 15) is 19.5 Å². The first-order valence-corrected chi connectivity index (χ1v) is 12.0. The molecular formula is C26H32ClN3O5. The van der Waals surface area contributed by atoms with E-state index in [4.69, 9.17) is 16.3 Å². The molecule has 2 amide bonds. The number of anilines is 1. The molecule has 0 bridgehead atoms. The van der Waals surface area contributed by atoms with Crippen molar-refractivity contribution >= 4 is 35.1 Å². The lowest BCUT2D eigenvalue weighted by molar-refractivity contribution is -0.161. The summed E-state index contributed by atoms with van der Waals surface area (Å²) in [5.74, 6) is -1.11. The molecule has 0 spiro atoms. The number of halogens is 1. The van der Waals surface area contributed by atoms with Gasteiger partial charge < -0.3 is 20.5 Å². The van der Waals surface area contributed by atoms with Crippen LogP contribution in [-0.4, -0.2) is 39.0 Å². The van der Waals surface area contributed by atoms with Gasteiger partial charge >= 0.3 is 5.97 Å². The number of hydrogen-bond acceptors (Lipinski definition) is 6. The van der Waals surface area contributed by atoms with Crippen molar-refractivity contribution in [2.24, 2.45) is 5.92 Å². The number of amides is 2. The van der Waals surface area contributed by atoms with E-state index in [0.29, 0.717) is 42.0 Å². The SMILES string of the molecule is CC1(NC(=O)c2cc(NC(=O)Cc3cc(Cl)ccc3O)ccn2)CCC(C(=O)OC(C)(C)C)CC1. The first-order chi connectivity index (χ1) is 16.3. The molecule has 1 aromatic heterocycles. The Hall–Kier alpha value is -3.13. The van der Waals surface area contributed by atoms with Crippen molar-refractivity contribution in [3.05, 3.63) is 52.8 Å². The van der Waals surface area contributed by atoms with Gasteiger partial charge in [-0.15, -0.1) is 0 Å². The highest BCUT2D eigenvalue weighted by molar-refractivity contribution is 6.30. The number of hydrogen-bond donors (Lipinski definition) is 3. The zero-order valence-electron chi connectivity index (χ0n) is 20.5. The summed E-state index contributed by atoms with van der Waals surface area (Å²) in [4.78, 5) is 41.9. The normalized spacial score (nSPS) is 20.1. The van der Waals surface area contributed by atoms with Gasteiger partial charge in [0.15, 0.2) is 0 Å². The number of esters is 1. The van der Waals surface area contributed by atoms with Crippen LogP contribution in [0.25, 0.3) is 0 Å². The van der Waals surface area contributed by atoms with Crippen LogP contribution in [0.5, 0.6) is 5.75 Å². The second kappa shape index (κ2) is 10.6. The van der Waals surface area contributed by atoms with Crippen molar-refractivity contribution in [3.63, 3.8) is 0 Å². The molecule has 3 rings (SSSR count). The molecular weight excluding hydrogens is 470 g/mol. The van der Waals surface area contributed by atoms with E-state index in [1.807, 2.05) is 27.7 Å². The minimum atomic E-state index is -0.521. The molecule has 8 nitrogen and oxygen atoms in total. The third kappa shape index (κ3) is 7.68. The van der Waals surface area contributed by atoms with E-state index < -0.39 is 11.1 Å². The molecule has 1 saturated carbocycles. The van der Waals surface area contributed by atoms with Gasteiger partial charge in [-0.2, -0.15) is 0 Å². The van der Waals surface area contributed by atoms with E-state index in [-0.39, 0.29) is 41.6 Å². The Bertz CT molecular complexity index is 1100. The van der Waals surface area contributed by atoms with E-state index in [0.717, 1.165) is 0 Å². The number of carbonyl (C=O) groups is 3. The fraction of sp³-hybridized carbons (Fsp3) is 0.462. The van der Waals surface area contributed by atoms with Gasteiger partial charge in [0.1, 0.15) is 17.0 Å². The fourth-order valence-corrected chi connectivity index (χ4v) is 4.24. The van der Waals surface area contributed by atoms with Crippen molar-refractivity contribution in [2.45, 2.75) is 70.9 Å². The number of nitrogens with one attached hydrogen (secondary N) is 2. The standard InChI is InChI=1S/C26H32ClN3O5/c1-25(2,3)35-24(34)16-7-10-26(4,11-8-16)30-23(33)20-15-19(9-12-28-20)29-22(32)14-17-13-18(27)5-6-21(17)31/h5-6,9,12-13,15-16,31H,7-8,10-11,14H2,1-4H3,(H,30,33)(H,28,29,32). The van der Waals surface area contributed by atoms with Gasteiger partial charge in [-0.25, -0.2) is 0 Å². The molecule has 188 valence electrons. The second-order valence-electron chi connectivity index (χ2n) is 10.3. The molecule has 1 aromatic carbocycles.